The van der Waals surface area contributed by atoms with Crippen LogP contribution in [-0.2, 0) is 42.9 Å². The van der Waals surface area contributed by atoms with E-state index in [1.807, 2.05) is 30.3 Å². The minimum absolute atomic E-state index is 0.253. The third kappa shape index (κ3) is 29.1. The Morgan fingerprint density at radius 1 is 0.618 bits per heavy atom. The summed E-state index contributed by atoms with van der Waals surface area (Å²) in [5.41, 5.74) is -0.388. The molecule has 0 radical (unpaired) electrons. The van der Waals surface area contributed by atoms with Gasteiger partial charge in [-0.25, -0.2) is 4.79 Å². The van der Waals surface area contributed by atoms with Gasteiger partial charge in [-0.1, -0.05) is 229 Å². The highest BCUT2D eigenvalue weighted by molar-refractivity contribution is 7.99. The van der Waals surface area contributed by atoms with Crippen LogP contribution in [0.1, 0.15) is 237 Å². The molecule has 1 saturated heterocycles. The molecule has 1 aliphatic rings. The average Bonchev–Trinajstić information content (AvgIpc) is 3.42. The molecular weight excluding hydrogens is 983 g/mol. The van der Waals surface area contributed by atoms with Crippen molar-refractivity contribution >= 4 is 41.5 Å². The molecular formula is C62H99NO12S. The largest absolute Gasteiger partial charge is 0.463 e. The second-order valence-electron chi connectivity index (χ2n) is 21.1. The lowest BCUT2D eigenvalue weighted by Gasteiger charge is -2.42. The van der Waals surface area contributed by atoms with E-state index >= 15 is 0 Å². The number of carbonyl (C=O) groups excluding carboxylic acids is 5. The summed E-state index contributed by atoms with van der Waals surface area (Å²) in [7, 11) is 0. The third-order valence-electron chi connectivity index (χ3n) is 14.4. The van der Waals surface area contributed by atoms with Crippen LogP contribution in [0.2, 0.25) is 0 Å². The molecule has 0 bridgehead atoms. The maximum absolute atomic E-state index is 13.6. The van der Waals surface area contributed by atoms with Crippen LogP contribution in [0.4, 0.5) is 0 Å². The summed E-state index contributed by atoms with van der Waals surface area (Å²) in [5.74, 6) is -3.54. The minimum atomic E-state index is -1.17. The monoisotopic (exact) mass is 1080 g/mol. The number of aliphatic hydroxyl groups is 2. The average molecular weight is 1080 g/mol. The van der Waals surface area contributed by atoms with E-state index in [1.165, 1.54) is 134 Å². The molecule has 1 fully saturated rings. The van der Waals surface area contributed by atoms with Crippen molar-refractivity contribution < 1.29 is 57.9 Å². The van der Waals surface area contributed by atoms with Crippen LogP contribution in [-0.4, -0.2) is 95.2 Å². The van der Waals surface area contributed by atoms with Crippen molar-refractivity contribution in [1.82, 2.24) is 5.32 Å². The van der Waals surface area contributed by atoms with Gasteiger partial charge in [-0.15, -0.1) is 0 Å². The Balaban J connectivity index is 1.56. The van der Waals surface area contributed by atoms with E-state index < -0.39 is 78.4 Å². The Morgan fingerprint density at radius 2 is 1.09 bits per heavy atom. The molecule has 13 nitrogen and oxygen atoms in total. The normalized spacial score (nSPS) is 18.5. The number of aliphatic hydroxyl groups excluding tert-OH is 2. The van der Waals surface area contributed by atoms with Gasteiger partial charge in [0.25, 0.3) is 0 Å². The molecule has 3 N–H and O–H groups in total. The van der Waals surface area contributed by atoms with Crippen molar-refractivity contribution in [2.75, 3.05) is 13.2 Å². The molecule has 0 aromatic heterocycles. The zero-order valence-corrected chi connectivity index (χ0v) is 47.9. The number of rotatable bonds is 44. The predicted molar refractivity (Wildman–Crippen MR) is 302 cm³/mol. The number of benzene rings is 2. The van der Waals surface area contributed by atoms with Crippen molar-refractivity contribution in [2.45, 2.75) is 274 Å². The highest BCUT2D eigenvalue weighted by atomic mass is 32.2. The summed E-state index contributed by atoms with van der Waals surface area (Å²) < 4.78 is 29.6. The summed E-state index contributed by atoms with van der Waals surface area (Å²) in [5, 5.41) is 24.9. The maximum atomic E-state index is 13.6. The lowest BCUT2D eigenvalue weighted by Crippen LogP contribution is -2.55. The van der Waals surface area contributed by atoms with Crippen molar-refractivity contribution in [3.8, 4) is 0 Å². The first-order valence-electron chi connectivity index (χ1n) is 29.7. The molecule has 2 unspecified atom stereocenters. The lowest BCUT2D eigenvalue weighted by molar-refractivity contribution is -0.188. The van der Waals surface area contributed by atoms with Gasteiger partial charge in [0.2, 0.25) is 5.91 Å². The molecule has 0 spiro atoms. The molecule has 1 aliphatic heterocycles. The lowest BCUT2D eigenvalue weighted by atomic mass is 9.91. The summed E-state index contributed by atoms with van der Waals surface area (Å²) in [6.07, 6.45) is 26.5. The highest BCUT2D eigenvalue weighted by Crippen LogP contribution is 2.38. The number of unbranched alkanes of at least 4 members (excludes halogenated alkanes) is 25. The smallest absolute Gasteiger partial charge is 0.338 e. The van der Waals surface area contributed by atoms with Gasteiger partial charge in [0.05, 0.1) is 37.2 Å². The fourth-order valence-corrected chi connectivity index (χ4v) is 11.1. The molecule has 8 atom stereocenters. The Hall–Kier alpha value is -3.98. The van der Waals surface area contributed by atoms with Crippen LogP contribution in [0.3, 0.4) is 0 Å². The van der Waals surface area contributed by atoms with E-state index in [4.69, 9.17) is 23.7 Å². The summed E-state index contributed by atoms with van der Waals surface area (Å²) in [6, 6.07) is 17.0. The third-order valence-corrected chi connectivity index (χ3v) is 15.6. The molecule has 2 aromatic rings. The number of amides is 1. The number of thioether (sulfide) groups is 1. The van der Waals surface area contributed by atoms with Crippen LogP contribution >= 0.6 is 11.8 Å². The SMILES string of the molecule is CCCCCCCCCCCCCCCCCC(=O)N[C@@H](CO)[C@H](OC(C)=O)[C@@H](CCCCCCCCCCCCCC)OC(=O)CCC(=O)OCC1O[C@@H](Sc2ccccc2)C(OC(=O)c2ccccc2)[C@@H](C)[C@H]1O. The van der Waals surface area contributed by atoms with Crippen LogP contribution < -0.4 is 5.32 Å². The van der Waals surface area contributed by atoms with Gasteiger partial charge in [0.15, 0.2) is 6.10 Å². The Morgan fingerprint density at radius 3 is 1.59 bits per heavy atom. The first kappa shape index (κ1) is 66.3. The number of esters is 4. The topological polar surface area (TPSA) is 184 Å². The van der Waals surface area contributed by atoms with Gasteiger partial charge >= 0.3 is 23.9 Å². The van der Waals surface area contributed by atoms with E-state index in [1.54, 1.807) is 37.3 Å². The van der Waals surface area contributed by atoms with Crippen LogP contribution in [0.5, 0.6) is 0 Å². The Labute approximate surface area is 461 Å². The van der Waals surface area contributed by atoms with Crippen LogP contribution in [0.15, 0.2) is 65.6 Å². The van der Waals surface area contributed by atoms with Crippen LogP contribution in [0, 0.1) is 5.92 Å². The molecule has 3 rings (SSSR count). The second kappa shape index (κ2) is 42.0. The number of carbonyl (C=O) groups is 5. The first-order chi connectivity index (χ1) is 37.0. The van der Waals surface area contributed by atoms with Crippen molar-refractivity contribution in [3.05, 3.63) is 66.2 Å². The van der Waals surface area contributed by atoms with Crippen molar-refractivity contribution in [3.63, 3.8) is 0 Å². The second-order valence-corrected chi connectivity index (χ2v) is 22.3. The van der Waals surface area contributed by atoms with E-state index in [0.29, 0.717) is 24.8 Å². The number of ether oxygens (including phenoxy) is 5. The number of nitrogens with one attached hydrogen (secondary N) is 1. The molecule has 0 saturated carbocycles. The number of hydrogen-bond acceptors (Lipinski definition) is 13. The summed E-state index contributed by atoms with van der Waals surface area (Å²) in [6.45, 7) is 6.61. The van der Waals surface area contributed by atoms with Gasteiger partial charge in [-0.3, -0.25) is 19.2 Å². The van der Waals surface area contributed by atoms with Crippen LogP contribution in [0.25, 0.3) is 0 Å². The first-order valence-corrected chi connectivity index (χ1v) is 30.6. The Bertz CT molecular complexity index is 1840. The van der Waals surface area contributed by atoms with E-state index in [2.05, 4.69) is 19.2 Å². The molecule has 1 heterocycles. The molecule has 2 aromatic carbocycles. The van der Waals surface area contributed by atoms with Crippen molar-refractivity contribution in [1.29, 1.82) is 0 Å². The highest BCUT2D eigenvalue weighted by Gasteiger charge is 2.46. The zero-order chi connectivity index (χ0) is 55.0. The maximum Gasteiger partial charge on any atom is 0.338 e. The zero-order valence-electron chi connectivity index (χ0n) is 47.1. The fraction of sp³-hybridized carbons (Fsp3) is 0.726. The molecule has 1 amide bonds. The van der Waals surface area contributed by atoms with Gasteiger partial charge in [0, 0.05) is 24.2 Å². The van der Waals surface area contributed by atoms with E-state index in [0.717, 1.165) is 49.8 Å². The van der Waals surface area contributed by atoms with E-state index in [9.17, 15) is 34.2 Å². The number of hydrogen-bond donors (Lipinski definition) is 3. The van der Waals surface area contributed by atoms with Crippen molar-refractivity contribution in [2.24, 2.45) is 5.92 Å². The van der Waals surface area contributed by atoms with Gasteiger partial charge in [0.1, 0.15) is 30.4 Å². The molecule has 0 aliphatic carbocycles. The Kier molecular flexibility index (Phi) is 36.7. The molecule has 76 heavy (non-hydrogen) atoms. The summed E-state index contributed by atoms with van der Waals surface area (Å²) >= 11 is 1.33. The van der Waals surface area contributed by atoms with Gasteiger partial charge < -0.3 is 39.2 Å². The predicted octanol–water partition coefficient (Wildman–Crippen LogP) is 13.7. The van der Waals surface area contributed by atoms with Gasteiger partial charge in [-0.05, 0) is 43.5 Å². The van der Waals surface area contributed by atoms with E-state index in [-0.39, 0.29) is 31.8 Å². The standard InChI is InChI=1S/C62H99NO12S/c1-5-7-9-11-13-15-17-19-20-21-23-25-27-29-37-43-55(66)63-52(46-64)60(72-49(4)65)53(42-36-28-26-24-22-18-16-14-12-10-8-6-2)73-57(68)45-44-56(67)71-47-54-58(69)48(3)59(75-61(70)50-38-32-30-33-39-50)62(74-54)76-51-40-34-31-35-41-51/h30-35,38-41,48,52-54,58-60,62,64,69H,5-29,36-37,42-47H2,1-4H3,(H,63,66)/t48-,52-,53+,54?,58+,59?,60-,62-/m0/s1. The van der Waals surface area contributed by atoms with Gasteiger partial charge in [-0.2, -0.15) is 0 Å². The molecule has 430 valence electrons. The quantitative estimate of drug-likeness (QED) is 0.0324. The fourth-order valence-electron chi connectivity index (χ4n) is 9.84. The molecule has 14 heteroatoms. The minimum Gasteiger partial charge on any atom is -0.463 e. The summed E-state index contributed by atoms with van der Waals surface area (Å²) in [4.78, 5) is 66.7.